The molecule has 5 rings (SSSR count). The smallest absolute Gasteiger partial charge is 0.335 e. The Labute approximate surface area is 198 Å². The van der Waals surface area contributed by atoms with E-state index in [9.17, 15) is 13.6 Å². The van der Waals surface area contributed by atoms with Crippen molar-refractivity contribution in [3.63, 3.8) is 0 Å². The van der Waals surface area contributed by atoms with Gasteiger partial charge in [-0.05, 0) is 65.6 Å². The van der Waals surface area contributed by atoms with Gasteiger partial charge >= 0.3 is 5.97 Å². The van der Waals surface area contributed by atoms with Gasteiger partial charge in [0.15, 0.2) is 0 Å². The van der Waals surface area contributed by atoms with Crippen molar-refractivity contribution >= 4 is 41.0 Å². The molecule has 2 aliphatic heterocycles. The number of benzene rings is 2. The van der Waals surface area contributed by atoms with Gasteiger partial charge in [-0.15, -0.1) is 0 Å². The van der Waals surface area contributed by atoms with E-state index in [4.69, 9.17) is 21.7 Å². The number of guanidine groups is 1. The lowest BCUT2D eigenvalue weighted by molar-refractivity contribution is 0.0697. The molecule has 3 aliphatic rings. The molecule has 2 aromatic carbocycles. The quantitative estimate of drug-likeness (QED) is 0.563. The van der Waals surface area contributed by atoms with Crippen LogP contribution in [0, 0.1) is 11.6 Å². The highest BCUT2D eigenvalue weighted by molar-refractivity contribution is 6.31. The summed E-state index contributed by atoms with van der Waals surface area (Å²) in [4.78, 5) is 20.3. The fraction of sp³-hybridized carbons (Fsp3) is 0.0800. The van der Waals surface area contributed by atoms with E-state index in [0.29, 0.717) is 34.2 Å². The van der Waals surface area contributed by atoms with Crippen LogP contribution in [0.4, 0.5) is 14.5 Å². The third-order valence-corrected chi connectivity index (χ3v) is 5.96. The molecule has 1 aliphatic carbocycles. The molecular weight excluding hydrogens is 462 g/mol. The first-order valence-corrected chi connectivity index (χ1v) is 10.7. The van der Waals surface area contributed by atoms with Crippen LogP contribution in [0.1, 0.15) is 22.3 Å². The maximum absolute atomic E-state index is 14.8. The molecule has 0 saturated heterocycles. The summed E-state index contributed by atoms with van der Waals surface area (Å²) in [6.07, 6.45) is 8.56. The molecular formula is C25H17ClF2N4O2. The average molecular weight is 479 g/mol. The van der Waals surface area contributed by atoms with Gasteiger partial charge in [0.05, 0.1) is 16.2 Å². The summed E-state index contributed by atoms with van der Waals surface area (Å²) < 4.78 is 29.5. The second-order valence-electron chi connectivity index (χ2n) is 7.82. The van der Waals surface area contributed by atoms with E-state index in [1.54, 1.807) is 36.7 Å². The zero-order chi connectivity index (χ0) is 23.9. The van der Waals surface area contributed by atoms with E-state index in [0.717, 1.165) is 5.57 Å². The number of rotatable bonds is 3. The Kier molecular flexibility index (Phi) is 5.37. The molecule has 0 fully saturated rings. The van der Waals surface area contributed by atoms with Crippen LogP contribution in [0.5, 0.6) is 0 Å². The van der Waals surface area contributed by atoms with Crippen LogP contribution in [0.2, 0.25) is 0 Å². The normalized spacial score (nSPS) is 20.9. The number of carbonyl (C=O) groups is 1. The van der Waals surface area contributed by atoms with E-state index < -0.39 is 23.1 Å². The monoisotopic (exact) mass is 478 g/mol. The lowest BCUT2D eigenvalue weighted by Gasteiger charge is -2.38. The highest BCUT2D eigenvalue weighted by Crippen LogP contribution is 2.47. The van der Waals surface area contributed by atoms with E-state index in [2.05, 4.69) is 15.6 Å². The topological polar surface area (TPSA) is 86.1 Å². The first-order valence-electron chi connectivity index (χ1n) is 10.3. The third-order valence-electron chi connectivity index (χ3n) is 5.76. The maximum atomic E-state index is 14.8. The Bertz CT molecular complexity index is 1370. The fourth-order valence-electron chi connectivity index (χ4n) is 4.17. The second-order valence-corrected chi connectivity index (χ2v) is 8.25. The maximum Gasteiger partial charge on any atom is 0.335 e. The van der Waals surface area contributed by atoms with Crippen molar-refractivity contribution in [3.05, 3.63) is 106 Å². The molecule has 1 atom stereocenters. The molecule has 0 saturated carbocycles. The lowest BCUT2D eigenvalue weighted by Crippen LogP contribution is -2.45. The zero-order valence-electron chi connectivity index (χ0n) is 17.5. The number of aromatic carboxylic acids is 1. The Morgan fingerprint density at radius 3 is 2.59 bits per heavy atom. The molecule has 0 aromatic heterocycles. The number of hydrogen-bond acceptors (Lipinski definition) is 5. The zero-order valence-corrected chi connectivity index (χ0v) is 18.3. The molecule has 6 nitrogen and oxygen atoms in total. The number of allylic oxidation sites excluding steroid dienone is 3. The summed E-state index contributed by atoms with van der Waals surface area (Å²) in [5.74, 6) is -2.06. The van der Waals surface area contributed by atoms with Crippen LogP contribution >= 0.6 is 11.6 Å². The summed E-state index contributed by atoms with van der Waals surface area (Å²) in [6.45, 7) is 0. The Hall–Kier alpha value is -4.04. The molecule has 2 heterocycles. The van der Waals surface area contributed by atoms with Gasteiger partial charge in [-0.3, -0.25) is 4.99 Å². The van der Waals surface area contributed by atoms with Crippen molar-refractivity contribution < 1.29 is 18.7 Å². The van der Waals surface area contributed by atoms with Gasteiger partial charge < -0.3 is 15.7 Å². The molecule has 1 spiro atoms. The van der Waals surface area contributed by atoms with Gasteiger partial charge in [0, 0.05) is 24.3 Å². The number of anilines is 1. The molecule has 0 amide bonds. The summed E-state index contributed by atoms with van der Waals surface area (Å²) >= 11 is 6.32. The number of nitrogens with zero attached hydrogens (tertiary/aromatic N) is 2. The summed E-state index contributed by atoms with van der Waals surface area (Å²) in [6, 6.07) is 9.90. The van der Waals surface area contributed by atoms with Gasteiger partial charge in [0.1, 0.15) is 17.2 Å². The number of halogens is 3. The van der Waals surface area contributed by atoms with Crippen molar-refractivity contribution in [2.75, 3.05) is 5.32 Å². The van der Waals surface area contributed by atoms with Crippen molar-refractivity contribution in [3.8, 4) is 0 Å². The molecule has 3 N–H and O–H groups in total. The van der Waals surface area contributed by atoms with Crippen LogP contribution < -0.4 is 10.6 Å². The van der Waals surface area contributed by atoms with Crippen molar-refractivity contribution in [2.24, 2.45) is 9.98 Å². The Balaban J connectivity index is 1.60. The molecule has 1 unspecified atom stereocenters. The Morgan fingerprint density at radius 1 is 1.15 bits per heavy atom. The summed E-state index contributed by atoms with van der Waals surface area (Å²) in [7, 11) is 0. The number of hydrogen-bond donors (Lipinski definition) is 3. The SMILES string of the molecule is O=C(O)c1ccc(NC2=NC34C=NC=C(Cl)C=C3C(c3c(F)cccc3F)=CCC4=CN2)cc1. The van der Waals surface area contributed by atoms with Gasteiger partial charge in [-0.25, -0.2) is 18.6 Å². The van der Waals surface area contributed by atoms with Crippen molar-refractivity contribution in [1.29, 1.82) is 0 Å². The van der Waals surface area contributed by atoms with Crippen molar-refractivity contribution in [2.45, 2.75) is 12.0 Å². The fourth-order valence-corrected chi connectivity index (χ4v) is 4.34. The minimum absolute atomic E-state index is 0.153. The highest BCUT2D eigenvalue weighted by Gasteiger charge is 2.44. The molecule has 34 heavy (non-hydrogen) atoms. The van der Waals surface area contributed by atoms with Crippen LogP contribution in [-0.4, -0.2) is 28.8 Å². The van der Waals surface area contributed by atoms with E-state index >= 15 is 0 Å². The third kappa shape index (κ3) is 3.72. The Morgan fingerprint density at radius 2 is 1.88 bits per heavy atom. The highest BCUT2D eigenvalue weighted by atomic mass is 35.5. The van der Waals surface area contributed by atoms with E-state index in [-0.39, 0.29) is 11.1 Å². The minimum Gasteiger partial charge on any atom is -0.478 e. The number of nitrogens with one attached hydrogen (secondary N) is 2. The number of aliphatic imine (C=N–C) groups is 2. The van der Waals surface area contributed by atoms with E-state index in [1.807, 2.05) is 0 Å². The predicted molar refractivity (Wildman–Crippen MR) is 128 cm³/mol. The average Bonchev–Trinajstić information content (AvgIpc) is 2.97. The minimum atomic E-state index is -1.15. The first kappa shape index (κ1) is 21.8. The second kappa shape index (κ2) is 8.39. The van der Waals surface area contributed by atoms with Crippen LogP contribution in [0.25, 0.3) is 5.57 Å². The number of carboxylic acids is 1. The van der Waals surface area contributed by atoms with Gasteiger partial charge in [-0.1, -0.05) is 23.7 Å². The molecule has 0 radical (unpaired) electrons. The standard InChI is InChI=1S/C25H17ClF2N4O2/c26-16-10-19-18(22-20(27)2-1-3-21(22)28)9-6-15-11-30-24(32-25(15,19)13-29-12-16)31-17-7-4-14(5-8-17)23(33)34/h1-5,7-13H,6H2,(H,33,34)(H2,30,31,32). The molecule has 0 bridgehead atoms. The molecule has 170 valence electrons. The van der Waals surface area contributed by atoms with E-state index in [1.165, 1.54) is 36.5 Å². The summed E-state index contributed by atoms with van der Waals surface area (Å²) in [5.41, 5.74) is 1.10. The molecule has 9 heteroatoms. The number of carboxylic acid groups (broad SMARTS) is 1. The van der Waals surface area contributed by atoms with Crippen LogP contribution in [-0.2, 0) is 0 Å². The van der Waals surface area contributed by atoms with Crippen LogP contribution in [0.15, 0.2) is 93.2 Å². The first-order chi connectivity index (χ1) is 16.4. The van der Waals surface area contributed by atoms with Gasteiger partial charge in [0.2, 0.25) is 5.96 Å². The van der Waals surface area contributed by atoms with Crippen LogP contribution in [0.3, 0.4) is 0 Å². The van der Waals surface area contributed by atoms with Gasteiger partial charge in [0.25, 0.3) is 0 Å². The lowest BCUT2D eigenvalue weighted by atomic mass is 9.72. The van der Waals surface area contributed by atoms with Gasteiger partial charge in [-0.2, -0.15) is 0 Å². The van der Waals surface area contributed by atoms with Crippen molar-refractivity contribution in [1.82, 2.24) is 5.32 Å². The molecule has 2 aromatic rings. The summed E-state index contributed by atoms with van der Waals surface area (Å²) in [5, 5.41) is 15.6. The predicted octanol–water partition coefficient (Wildman–Crippen LogP) is 5.24. The largest absolute Gasteiger partial charge is 0.478 e.